The van der Waals surface area contributed by atoms with Crippen LogP contribution < -0.4 is 0 Å². The SMILES string of the molecule is CC(C)c1ccc(S(=O)(=O)[O-])cc1.C[N+](C)(C)C. The second kappa shape index (κ2) is 6.31. The van der Waals surface area contributed by atoms with Gasteiger partial charge in [-0.3, -0.25) is 0 Å². The third kappa shape index (κ3) is 8.22. The van der Waals surface area contributed by atoms with Gasteiger partial charge in [0.05, 0.1) is 33.1 Å². The minimum absolute atomic E-state index is 0.170. The zero-order valence-corrected chi connectivity index (χ0v) is 12.8. The van der Waals surface area contributed by atoms with E-state index in [1.165, 1.54) is 12.1 Å². The van der Waals surface area contributed by atoms with E-state index in [4.69, 9.17) is 0 Å². The highest BCUT2D eigenvalue weighted by atomic mass is 32.2. The first-order chi connectivity index (χ1) is 7.91. The molecule has 104 valence electrons. The topological polar surface area (TPSA) is 57.2 Å². The van der Waals surface area contributed by atoms with Crippen LogP contribution in [0.2, 0.25) is 0 Å². The summed E-state index contributed by atoms with van der Waals surface area (Å²) in [4.78, 5) is -0.170. The zero-order chi connectivity index (χ0) is 14.6. The van der Waals surface area contributed by atoms with Crippen molar-refractivity contribution < 1.29 is 17.5 Å². The van der Waals surface area contributed by atoms with E-state index in [1.54, 1.807) is 12.1 Å². The van der Waals surface area contributed by atoms with Gasteiger partial charge < -0.3 is 9.04 Å². The normalized spacial score (nSPS) is 12.0. The molecular formula is C13H23NO3S. The van der Waals surface area contributed by atoms with E-state index >= 15 is 0 Å². The van der Waals surface area contributed by atoms with Crippen LogP contribution in [0.25, 0.3) is 0 Å². The number of nitrogens with zero attached hydrogens (tertiary/aromatic N) is 1. The molecule has 0 N–H and O–H groups in total. The van der Waals surface area contributed by atoms with E-state index in [0.717, 1.165) is 10.0 Å². The summed E-state index contributed by atoms with van der Waals surface area (Å²) in [6.07, 6.45) is 0. The molecule has 18 heavy (non-hydrogen) atoms. The molecule has 0 radical (unpaired) electrons. The summed E-state index contributed by atoms with van der Waals surface area (Å²) in [7, 11) is 4.20. The molecule has 0 fully saturated rings. The summed E-state index contributed by atoms with van der Waals surface area (Å²) in [6.45, 7) is 4.00. The van der Waals surface area contributed by atoms with Gasteiger partial charge >= 0.3 is 0 Å². The summed E-state index contributed by atoms with van der Waals surface area (Å²) in [5.41, 5.74) is 1.02. The molecule has 0 saturated heterocycles. The van der Waals surface area contributed by atoms with Crippen LogP contribution in [0.5, 0.6) is 0 Å². The number of rotatable bonds is 2. The monoisotopic (exact) mass is 273 g/mol. The lowest BCUT2D eigenvalue weighted by atomic mass is 10.0. The van der Waals surface area contributed by atoms with E-state index in [-0.39, 0.29) is 4.90 Å². The molecule has 0 bridgehead atoms. The maximum atomic E-state index is 10.6. The second-order valence-corrected chi connectivity index (χ2v) is 7.24. The Morgan fingerprint density at radius 3 is 1.56 bits per heavy atom. The average Bonchev–Trinajstić information content (AvgIpc) is 2.14. The van der Waals surface area contributed by atoms with Gasteiger partial charge in [0.1, 0.15) is 10.1 Å². The Labute approximate surface area is 111 Å². The maximum Gasteiger partial charge on any atom is 0.124 e. The molecule has 1 aromatic rings. The van der Waals surface area contributed by atoms with Crippen LogP contribution in [0.3, 0.4) is 0 Å². The van der Waals surface area contributed by atoms with Gasteiger partial charge in [-0.25, -0.2) is 8.42 Å². The van der Waals surface area contributed by atoms with E-state index in [1.807, 2.05) is 13.8 Å². The first-order valence-electron chi connectivity index (χ1n) is 5.76. The highest BCUT2D eigenvalue weighted by molar-refractivity contribution is 7.85. The Balaban J connectivity index is 0.000000494. The van der Waals surface area contributed by atoms with Crippen molar-refractivity contribution in [1.82, 2.24) is 0 Å². The highest BCUT2D eigenvalue weighted by Crippen LogP contribution is 2.16. The summed E-state index contributed by atoms with van der Waals surface area (Å²) >= 11 is 0. The molecule has 0 amide bonds. The van der Waals surface area contributed by atoms with Crippen molar-refractivity contribution in [3.63, 3.8) is 0 Å². The van der Waals surface area contributed by atoms with E-state index in [9.17, 15) is 13.0 Å². The summed E-state index contributed by atoms with van der Waals surface area (Å²) in [5, 5.41) is 0. The molecule has 0 heterocycles. The standard InChI is InChI=1S/C9H12O3S.C4H12N/c1-7(2)8-3-5-9(6-4-8)13(10,11)12;1-5(2,3)4/h3-7H,1-2H3,(H,10,11,12);1-4H3/q;+1/p-1. The molecule has 0 atom stereocenters. The first kappa shape index (κ1) is 17.1. The van der Waals surface area contributed by atoms with Crippen molar-refractivity contribution in [2.24, 2.45) is 0 Å². The zero-order valence-electron chi connectivity index (χ0n) is 12.0. The molecule has 0 spiro atoms. The quantitative estimate of drug-likeness (QED) is 0.612. The Bertz CT molecular complexity index is 450. The molecule has 0 unspecified atom stereocenters. The number of hydrogen-bond acceptors (Lipinski definition) is 3. The van der Waals surface area contributed by atoms with Crippen molar-refractivity contribution in [3.05, 3.63) is 29.8 Å². The van der Waals surface area contributed by atoms with Gasteiger partial charge in [0.25, 0.3) is 0 Å². The summed E-state index contributed by atoms with van der Waals surface area (Å²) in [5.74, 6) is 0.336. The summed E-state index contributed by atoms with van der Waals surface area (Å²) in [6, 6.07) is 6.01. The van der Waals surface area contributed by atoms with Crippen LogP contribution in [-0.2, 0) is 10.1 Å². The fourth-order valence-electron chi connectivity index (χ4n) is 1.02. The van der Waals surface area contributed by atoms with Gasteiger partial charge in [-0.05, 0) is 23.6 Å². The third-order valence-electron chi connectivity index (χ3n) is 1.84. The van der Waals surface area contributed by atoms with Crippen molar-refractivity contribution in [1.29, 1.82) is 0 Å². The largest absolute Gasteiger partial charge is 0.744 e. The van der Waals surface area contributed by atoms with Crippen LogP contribution in [0.15, 0.2) is 29.2 Å². The molecule has 5 heteroatoms. The van der Waals surface area contributed by atoms with Gasteiger partial charge in [-0.2, -0.15) is 0 Å². The van der Waals surface area contributed by atoms with Crippen LogP contribution in [-0.4, -0.2) is 45.6 Å². The fraction of sp³-hybridized carbons (Fsp3) is 0.538. The predicted octanol–water partition coefficient (Wildman–Crippen LogP) is 2.04. The lowest BCUT2D eigenvalue weighted by molar-refractivity contribution is -0.849. The van der Waals surface area contributed by atoms with E-state index < -0.39 is 10.1 Å². The number of benzene rings is 1. The molecule has 4 nitrogen and oxygen atoms in total. The molecule has 0 aliphatic carbocycles. The highest BCUT2D eigenvalue weighted by Gasteiger charge is 2.02. The lowest BCUT2D eigenvalue weighted by Gasteiger charge is -2.14. The van der Waals surface area contributed by atoms with Crippen molar-refractivity contribution in [2.75, 3.05) is 28.2 Å². The molecular weight excluding hydrogens is 250 g/mol. The molecule has 1 aromatic carbocycles. The van der Waals surface area contributed by atoms with E-state index in [2.05, 4.69) is 28.2 Å². The van der Waals surface area contributed by atoms with Gasteiger partial charge in [0, 0.05) is 0 Å². The van der Waals surface area contributed by atoms with Crippen LogP contribution in [0.4, 0.5) is 0 Å². The molecule has 0 aliphatic rings. The first-order valence-corrected chi connectivity index (χ1v) is 7.17. The maximum absolute atomic E-state index is 10.6. The molecule has 0 saturated carbocycles. The lowest BCUT2D eigenvalue weighted by Crippen LogP contribution is -2.27. The Morgan fingerprint density at radius 1 is 1.00 bits per heavy atom. The van der Waals surface area contributed by atoms with E-state index in [0.29, 0.717) is 5.92 Å². The predicted molar refractivity (Wildman–Crippen MR) is 72.5 cm³/mol. The van der Waals surface area contributed by atoms with Crippen molar-refractivity contribution in [3.8, 4) is 0 Å². The smallest absolute Gasteiger partial charge is 0.124 e. The molecule has 0 aromatic heterocycles. The second-order valence-electron chi connectivity index (χ2n) is 5.86. The van der Waals surface area contributed by atoms with Crippen LogP contribution in [0, 0.1) is 0 Å². The molecule has 0 aliphatic heterocycles. The average molecular weight is 273 g/mol. The van der Waals surface area contributed by atoms with Gasteiger partial charge in [-0.15, -0.1) is 0 Å². The van der Waals surface area contributed by atoms with Crippen LogP contribution >= 0.6 is 0 Å². The number of quaternary nitrogens is 1. The van der Waals surface area contributed by atoms with Gasteiger partial charge in [-0.1, -0.05) is 26.0 Å². The Kier molecular flexibility index (Phi) is 5.99. The third-order valence-corrected chi connectivity index (χ3v) is 2.68. The van der Waals surface area contributed by atoms with Crippen molar-refractivity contribution >= 4 is 10.1 Å². The number of hydrogen-bond donors (Lipinski definition) is 0. The fourth-order valence-corrected chi connectivity index (χ4v) is 1.49. The molecule has 1 rings (SSSR count). The van der Waals surface area contributed by atoms with Crippen LogP contribution in [0.1, 0.15) is 25.3 Å². The minimum atomic E-state index is -4.30. The van der Waals surface area contributed by atoms with Gasteiger partial charge in [0.15, 0.2) is 0 Å². The van der Waals surface area contributed by atoms with Crippen molar-refractivity contribution in [2.45, 2.75) is 24.7 Å². The Hall–Kier alpha value is -0.910. The van der Waals surface area contributed by atoms with Gasteiger partial charge in [0.2, 0.25) is 0 Å². The minimum Gasteiger partial charge on any atom is -0.744 e. The Morgan fingerprint density at radius 2 is 1.33 bits per heavy atom. The summed E-state index contributed by atoms with van der Waals surface area (Å²) < 4.78 is 32.7.